The minimum Gasteiger partial charge on any atom is -0.373 e. The summed E-state index contributed by atoms with van der Waals surface area (Å²) in [7, 11) is 0. The van der Waals surface area contributed by atoms with Gasteiger partial charge in [-0.05, 0) is 18.6 Å². The molecule has 0 aromatic heterocycles. The van der Waals surface area contributed by atoms with E-state index in [1.165, 1.54) is 12.1 Å². The number of nitro benzene ring substituents is 1. The Hall–Kier alpha value is -1.76. The van der Waals surface area contributed by atoms with Gasteiger partial charge < -0.3 is 11.1 Å². The van der Waals surface area contributed by atoms with Crippen LogP contribution >= 0.6 is 0 Å². The summed E-state index contributed by atoms with van der Waals surface area (Å²) >= 11 is 0. The Kier molecular flexibility index (Phi) is 3.95. The number of rotatable bonds is 5. The fourth-order valence-corrected chi connectivity index (χ4v) is 1.24. The molecule has 0 aliphatic rings. The number of nitrogens with zero attached hydrogens (tertiary/aromatic N) is 1. The molecule has 0 saturated heterocycles. The van der Waals surface area contributed by atoms with Gasteiger partial charge in [0, 0.05) is 6.07 Å². The summed E-state index contributed by atoms with van der Waals surface area (Å²) in [6.45, 7) is 0.151. The van der Waals surface area contributed by atoms with Crippen LogP contribution in [0.2, 0.25) is 0 Å². The first kappa shape index (κ1) is 13.3. The molecule has 1 rings (SSSR count). The lowest BCUT2D eigenvalue weighted by molar-refractivity contribution is -0.384. The third-order valence-electron chi connectivity index (χ3n) is 2.19. The lowest BCUT2D eigenvalue weighted by atomic mass is 10.2. The monoisotopic (exact) mass is 245 g/mol. The normalized spacial score (nSPS) is 11.3. The predicted molar refractivity (Wildman–Crippen MR) is 60.3 cm³/mol. The van der Waals surface area contributed by atoms with Gasteiger partial charge in [-0.25, -0.2) is 8.78 Å². The van der Waals surface area contributed by atoms with Gasteiger partial charge >= 0.3 is 0 Å². The molecule has 0 unspecified atom stereocenters. The molecule has 1 aromatic rings. The second-order valence-corrected chi connectivity index (χ2v) is 3.69. The Balaban J connectivity index is 2.88. The van der Waals surface area contributed by atoms with Crippen LogP contribution in [0.3, 0.4) is 0 Å². The number of nitro groups is 1. The lowest BCUT2D eigenvalue weighted by Crippen LogP contribution is -2.35. The number of hydrogen-bond donors (Lipinski definition) is 2. The SMILES string of the molecule is Cc1ccc(NCC(F)(F)CN)c([N+](=O)[O-])c1. The Morgan fingerprint density at radius 2 is 2.18 bits per heavy atom. The molecular formula is C10H13F2N3O2. The fraction of sp³-hybridized carbons (Fsp3) is 0.400. The van der Waals surface area contributed by atoms with Gasteiger partial charge in [0.25, 0.3) is 11.6 Å². The lowest BCUT2D eigenvalue weighted by Gasteiger charge is -2.15. The molecule has 0 saturated carbocycles. The number of nitrogens with two attached hydrogens (primary N) is 1. The number of halogens is 2. The average molecular weight is 245 g/mol. The highest BCUT2D eigenvalue weighted by Gasteiger charge is 2.27. The van der Waals surface area contributed by atoms with Crippen molar-refractivity contribution in [1.82, 2.24) is 0 Å². The third-order valence-corrected chi connectivity index (χ3v) is 2.19. The average Bonchev–Trinajstić information content (AvgIpc) is 2.27. The van der Waals surface area contributed by atoms with Crippen molar-refractivity contribution in [3.05, 3.63) is 33.9 Å². The molecule has 94 valence electrons. The van der Waals surface area contributed by atoms with Gasteiger partial charge in [0.15, 0.2) is 0 Å². The van der Waals surface area contributed by atoms with Gasteiger partial charge in [-0.15, -0.1) is 0 Å². The van der Waals surface area contributed by atoms with E-state index in [4.69, 9.17) is 5.73 Å². The Bertz CT molecular complexity index is 424. The van der Waals surface area contributed by atoms with Gasteiger partial charge in [0.05, 0.1) is 18.0 Å². The molecule has 0 bridgehead atoms. The standard InChI is InChI=1S/C10H13F2N3O2/c1-7-2-3-8(9(4-7)15(16)17)14-6-10(11,12)5-13/h2-4,14H,5-6,13H2,1H3. The van der Waals surface area contributed by atoms with Crippen molar-refractivity contribution in [3.8, 4) is 0 Å². The van der Waals surface area contributed by atoms with E-state index in [1.807, 2.05) is 0 Å². The number of hydrogen-bond acceptors (Lipinski definition) is 4. The first-order valence-electron chi connectivity index (χ1n) is 4.92. The van der Waals surface area contributed by atoms with E-state index in [0.29, 0.717) is 5.56 Å². The molecular weight excluding hydrogens is 232 g/mol. The summed E-state index contributed by atoms with van der Waals surface area (Å²) in [6.07, 6.45) is 0. The highest BCUT2D eigenvalue weighted by molar-refractivity contribution is 5.62. The molecule has 5 nitrogen and oxygen atoms in total. The maximum Gasteiger partial charge on any atom is 0.292 e. The smallest absolute Gasteiger partial charge is 0.292 e. The molecule has 0 aliphatic carbocycles. The van der Waals surface area contributed by atoms with Crippen LogP contribution in [0.1, 0.15) is 5.56 Å². The summed E-state index contributed by atoms with van der Waals surface area (Å²) in [5, 5.41) is 13.1. The molecule has 0 spiro atoms. The Morgan fingerprint density at radius 3 is 2.71 bits per heavy atom. The van der Waals surface area contributed by atoms with Crippen LogP contribution in [0, 0.1) is 17.0 Å². The van der Waals surface area contributed by atoms with Crippen molar-refractivity contribution in [1.29, 1.82) is 0 Å². The van der Waals surface area contributed by atoms with E-state index in [2.05, 4.69) is 5.32 Å². The van der Waals surface area contributed by atoms with Crippen LogP contribution in [0.4, 0.5) is 20.2 Å². The van der Waals surface area contributed by atoms with E-state index < -0.39 is 23.9 Å². The van der Waals surface area contributed by atoms with Crippen LogP contribution in [0.25, 0.3) is 0 Å². The molecule has 0 radical (unpaired) electrons. The van der Waals surface area contributed by atoms with Crippen LogP contribution in [0.5, 0.6) is 0 Å². The van der Waals surface area contributed by atoms with E-state index >= 15 is 0 Å². The molecule has 17 heavy (non-hydrogen) atoms. The topological polar surface area (TPSA) is 81.2 Å². The van der Waals surface area contributed by atoms with E-state index in [9.17, 15) is 18.9 Å². The zero-order valence-corrected chi connectivity index (χ0v) is 9.24. The Morgan fingerprint density at radius 1 is 1.53 bits per heavy atom. The molecule has 1 aromatic carbocycles. The molecule has 3 N–H and O–H groups in total. The quantitative estimate of drug-likeness (QED) is 0.613. The second kappa shape index (κ2) is 5.05. The van der Waals surface area contributed by atoms with Gasteiger partial charge in [0.1, 0.15) is 5.69 Å². The Labute approximate surface area is 96.8 Å². The molecule has 7 heteroatoms. The largest absolute Gasteiger partial charge is 0.373 e. The summed E-state index contributed by atoms with van der Waals surface area (Å²) in [5.74, 6) is -3.08. The highest BCUT2D eigenvalue weighted by Crippen LogP contribution is 2.26. The van der Waals surface area contributed by atoms with Gasteiger partial charge in [-0.1, -0.05) is 6.07 Å². The number of anilines is 1. The molecule has 0 amide bonds. The molecule has 0 atom stereocenters. The van der Waals surface area contributed by atoms with Crippen LogP contribution in [-0.4, -0.2) is 23.9 Å². The first-order valence-corrected chi connectivity index (χ1v) is 4.92. The minimum absolute atomic E-state index is 0.0636. The predicted octanol–water partition coefficient (Wildman–Crippen LogP) is 1.91. The number of benzene rings is 1. The van der Waals surface area contributed by atoms with Gasteiger partial charge in [-0.2, -0.15) is 0 Å². The van der Waals surface area contributed by atoms with Crippen molar-refractivity contribution >= 4 is 11.4 Å². The summed E-state index contributed by atoms with van der Waals surface area (Å²) < 4.78 is 25.8. The maximum atomic E-state index is 12.9. The summed E-state index contributed by atoms with van der Waals surface area (Å²) in [4.78, 5) is 10.1. The second-order valence-electron chi connectivity index (χ2n) is 3.69. The van der Waals surface area contributed by atoms with E-state index in [-0.39, 0.29) is 11.4 Å². The fourth-order valence-electron chi connectivity index (χ4n) is 1.24. The number of alkyl halides is 2. The summed E-state index contributed by atoms with van der Waals surface area (Å²) in [6, 6.07) is 4.33. The number of aryl methyl sites for hydroxylation is 1. The summed E-state index contributed by atoms with van der Waals surface area (Å²) in [5.41, 5.74) is 5.40. The molecule has 0 heterocycles. The van der Waals surface area contributed by atoms with Crippen molar-refractivity contribution in [2.24, 2.45) is 5.73 Å². The van der Waals surface area contributed by atoms with E-state index in [1.54, 1.807) is 13.0 Å². The third kappa shape index (κ3) is 3.63. The maximum absolute atomic E-state index is 12.9. The van der Waals surface area contributed by atoms with Gasteiger partial charge in [-0.3, -0.25) is 10.1 Å². The highest BCUT2D eigenvalue weighted by atomic mass is 19.3. The van der Waals surface area contributed by atoms with Crippen LogP contribution < -0.4 is 11.1 Å². The van der Waals surface area contributed by atoms with Crippen molar-refractivity contribution in [3.63, 3.8) is 0 Å². The minimum atomic E-state index is -3.08. The molecule has 0 aliphatic heterocycles. The van der Waals surface area contributed by atoms with Crippen molar-refractivity contribution in [2.45, 2.75) is 12.8 Å². The number of nitrogens with one attached hydrogen (secondary N) is 1. The van der Waals surface area contributed by atoms with Crippen molar-refractivity contribution in [2.75, 3.05) is 18.4 Å². The van der Waals surface area contributed by atoms with Crippen LogP contribution in [0.15, 0.2) is 18.2 Å². The zero-order valence-electron chi connectivity index (χ0n) is 9.24. The van der Waals surface area contributed by atoms with Gasteiger partial charge in [0.2, 0.25) is 0 Å². The molecule has 0 fully saturated rings. The van der Waals surface area contributed by atoms with Crippen molar-refractivity contribution < 1.29 is 13.7 Å². The zero-order chi connectivity index (χ0) is 13.1. The first-order chi connectivity index (χ1) is 7.85. The van der Waals surface area contributed by atoms with E-state index in [0.717, 1.165) is 0 Å². The van der Waals surface area contributed by atoms with Crippen LogP contribution in [-0.2, 0) is 0 Å².